The highest BCUT2D eigenvalue weighted by Crippen LogP contribution is 2.20. The number of ether oxygens (including phenoxy) is 2. The zero-order valence-electron chi connectivity index (χ0n) is 14.5. The average molecular weight is 336 g/mol. The van der Waals surface area contributed by atoms with Gasteiger partial charge in [0.1, 0.15) is 5.75 Å². The first kappa shape index (κ1) is 18.5. The molecule has 0 heterocycles. The summed E-state index contributed by atoms with van der Waals surface area (Å²) in [5.74, 6) is 0.808. The van der Waals surface area contributed by atoms with E-state index >= 15 is 0 Å². The van der Waals surface area contributed by atoms with Crippen LogP contribution in [0, 0.1) is 0 Å². The van der Waals surface area contributed by atoms with Gasteiger partial charge in [-0.25, -0.2) is 4.79 Å². The molecule has 3 N–H and O–H groups in total. The number of hydrogen-bond donors (Lipinski definition) is 3. The van der Waals surface area contributed by atoms with Gasteiger partial charge < -0.3 is 25.2 Å². The number of benzene rings is 1. The van der Waals surface area contributed by atoms with Crippen LogP contribution in [0.25, 0.3) is 0 Å². The lowest BCUT2D eigenvalue weighted by Crippen LogP contribution is -2.46. The predicted octanol–water partition coefficient (Wildman–Crippen LogP) is 2.38. The molecule has 0 bridgehead atoms. The topological polar surface area (TPSA) is 79.8 Å². The molecule has 0 spiro atoms. The Morgan fingerprint density at radius 3 is 2.50 bits per heavy atom. The minimum absolute atomic E-state index is 0.122. The number of hydrogen-bond acceptors (Lipinski definition) is 4. The molecule has 2 rings (SSSR count). The molecule has 1 aliphatic rings. The fourth-order valence-electron chi connectivity index (χ4n) is 2.96. The minimum atomic E-state index is -0.226. The van der Waals surface area contributed by atoms with Crippen LogP contribution in [0.5, 0.6) is 5.75 Å². The molecule has 0 radical (unpaired) electrons. The zero-order chi connectivity index (χ0) is 17.4. The second-order valence-electron chi connectivity index (χ2n) is 6.13. The Morgan fingerprint density at radius 2 is 1.92 bits per heavy atom. The van der Waals surface area contributed by atoms with Gasteiger partial charge in [-0.3, -0.25) is 0 Å². The van der Waals surface area contributed by atoms with Crippen molar-refractivity contribution >= 4 is 6.03 Å². The number of carbonyl (C=O) groups is 1. The van der Waals surface area contributed by atoms with Crippen molar-refractivity contribution in [2.75, 3.05) is 20.3 Å². The lowest BCUT2D eigenvalue weighted by atomic mass is 9.93. The number of carbonyl (C=O) groups excluding carboxylic acids is 1. The largest absolute Gasteiger partial charge is 0.494 e. The van der Waals surface area contributed by atoms with Gasteiger partial charge in [-0.2, -0.15) is 0 Å². The van der Waals surface area contributed by atoms with Crippen molar-refractivity contribution in [3.63, 3.8) is 0 Å². The van der Waals surface area contributed by atoms with E-state index in [0.29, 0.717) is 13.2 Å². The van der Waals surface area contributed by atoms with E-state index in [1.165, 1.54) is 0 Å². The molecule has 1 aromatic carbocycles. The Bertz CT molecular complexity index is 498. The van der Waals surface area contributed by atoms with Crippen molar-refractivity contribution in [2.45, 2.75) is 50.8 Å². The van der Waals surface area contributed by atoms with E-state index in [1.54, 1.807) is 7.11 Å². The van der Waals surface area contributed by atoms with E-state index in [4.69, 9.17) is 9.47 Å². The van der Waals surface area contributed by atoms with Gasteiger partial charge in [0.15, 0.2) is 0 Å². The Balaban J connectivity index is 1.90. The summed E-state index contributed by atoms with van der Waals surface area (Å²) in [6, 6.07) is 7.36. The fraction of sp³-hybridized carbons (Fsp3) is 0.611. The number of urea groups is 1. The zero-order valence-corrected chi connectivity index (χ0v) is 14.5. The summed E-state index contributed by atoms with van der Waals surface area (Å²) >= 11 is 0. The number of methoxy groups -OCH3 is 1. The molecule has 1 atom stereocenters. The quantitative estimate of drug-likeness (QED) is 0.714. The molecule has 0 aromatic heterocycles. The maximum atomic E-state index is 12.3. The Labute approximate surface area is 143 Å². The number of amides is 2. The van der Waals surface area contributed by atoms with Crippen LogP contribution in [0.4, 0.5) is 4.79 Å². The molecule has 134 valence electrons. The van der Waals surface area contributed by atoms with Crippen molar-refractivity contribution in [3.05, 3.63) is 29.8 Å². The summed E-state index contributed by atoms with van der Waals surface area (Å²) < 4.78 is 10.7. The molecular weight excluding hydrogens is 308 g/mol. The number of aliphatic hydroxyl groups excluding tert-OH is 1. The van der Waals surface area contributed by atoms with E-state index < -0.39 is 0 Å². The van der Waals surface area contributed by atoms with Crippen molar-refractivity contribution in [1.29, 1.82) is 0 Å². The van der Waals surface area contributed by atoms with Crippen LogP contribution in [0.15, 0.2) is 24.3 Å². The monoisotopic (exact) mass is 336 g/mol. The van der Waals surface area contributed by atoms with Gasteiger partial charge in [-0.1, -0.05) is 12.1 Å². The third kappa shape index (κ3) is 5.69. The lowest BCUT2D eigenvalue weighted by Gasteiger charge is -2.27. The number of aliphatic hydroxyl groups is 1. The molecule has 2 amide bonds. The first-order valence-electron chi connectivity index (χ1n) is 8.59. The molecule has 6 nitrogen and oxygen atoms in total. The Kier molecular flexibility index (Phi) is 7.34. The summed E-state index contributed by atoms with van der Waals surface area (Å²) in [4.78, 5) is 12.3. The highest BCUT2D eigenvalue weighted by molar-refractivity contribution is 5.74. The van der Waals surface area contributed by atoms with Gasteiger partial charge in [-0.05, 0) is 50.3 Å². The van der Waals surface area contributed by atoms with Crippen LogP contribution in [0.1, 0.15) is 44.2 Å². The first-order valence-corrected chi connectivity index (χ1v) is 8.59. The minimum Gasteiger partial charge on any atom is -0.494 e. The summed E-state index contributed by atoms with van der Waals surface area (Å²) in [6.07, 6.45) is 2.88. The summed E-state index contributed by atoms with van der Waals surface area (Å²) in [6.45, 7) is 2.96. The van der Waals surface area contributed by atoms with Crippen molar-refractivity contribution < 1.29 is 19.4 Å². The third-order valence-electron chi connectivity index (χ3n) is 4.26. The average Bonchev–Trinajstić information content (AvgIpc) is 2.58. The first-order chi connectivity index (χ1) is 11.6. The molecule has 1 aliphatic carbocycles. The predicted molar refractivity (Wildman–Crippen MR) is 92.2 cm³/mol. The van der Waals surface area contributed by atoms with Crippen molar-refractivity contribution in [3.8, 4) is 5.75 Å². The van der Waals surface area contributed by atoms with Gasteiger partial charge in [0.25, 0.3) is 0 Å². The van der Waals surface area contributed by atoms with Gasteiger partial charge >= 0.3 is 6.03 Å². The van der Waals surface area contributed by atoms with E-state index in [-0.39, 0.29) is 24.2 Å². The molecular formula is C18H28N2O4. The molecule has 0 aliphatic heterocycles. The van der Waals surface area contributed by atoms with Crippen LogP contribution in [0.2, 0.25) is 0 Å². The van der Waals surface area contributed by atoms with E-state index in [2.05, 4.69) is 10.6 Å². The molecule has 1 saturated carbocycles. The van der Waals surface area contributed by atoms with Gasteiger partial charge in [0, 0.05) is 13.2 Å². The standard InChI is InChI=1S/C18H28N2O4/c1-3-24-16-10-4-13(5-11-16)17(12-23-2)20-18(22)19-14-6-8-15(21)9-7-14/h4-5,10-11,14-15,17,21H,3,6-9,12H2,1-2H3,(H2,19,20,22). The Morgan fingerprint density at radius 1 is 1.25 bits per heavy atom. The maximum Gasteiger partial charge on any atom is 0.315 e. The number of nitrogens with one attached hydrogen (secondary N) is 2. The van der Waals surface area contributed by atoms with Crippen LogP contribution >= 0.6 is 0 Å². The third-order valence-corrected chi connectivity index (χ3v) is 4.26. The molecule has 1 fully saturated rings. The van der Waals surface area contributed by atoms with Gasteiger partial charge in [0.05, 0.1) is 25.4 Å². The summed E-state index contributed by atoms with van der Waals surface area (Å²) in [5, 5.41) is 15.5. The molecule has 24 heavy (non-hydrogen) atoms. The lowest BCUT2D eigenvalue weighted by molar-refractivity contribution is 0.117. The van der Waals surface area contributed by atoms with Crippen LogP contribution < -0.4 is 15.4 Å². The normalized spacial score (nSPS) is 21.8. The molecule has 1 unspecified atom stereocenters. The summed E-state index contributed by atoms with van der Waals surface area (Å²) in [5.41, 5.74) is 0.967. The maximum absolute atomic E-state index is 12.3. The van der Waals surface area contributed by atoms with Gasteiger partial charge in [0.2, 0.25) is 0 Å². The van der Waals surface area contributed by atoms with E-state index in [1.807, 2.05) is 31.2 Å². The second-order valence-corrected chi connectivity index (χ2v) is 6.13. The van der Waals surface area contributed by atoms with E-state index in [0.717, 1.165) is 37.0 Å². The second kappa shape index (κ2) is 9.49. The van der Waals surface area contributed by atoms with Gasteiger partial charge in [-0.15, -0.1) is 0 Å². The Hall–Kier alpha value is -1.79. The van der Waals surface area contributed by atoms with E-state index in [9.17, 15) is 9.90 Å². The summed E-state index contributed by atoms with van der Waals surface area (Å²) in [7, 11) is 1.61. The SMILES string of the molecule is CCOc1ccc(C(COC)NC(=O)NC2CCC(O)CC2)cc1. The fourth-order valence-corrected chi connectivity index (χ4v) is 2.96. The van der Waals surface area contributed by atoms with Crippen molar-refractivity contribution in [2.24, 2.45) is 0 Å². The smallest absolute Gasteiger partial charge is 0.315 e. The van der Waals surface area contributed by atoms with Crippen molar-refractivity contribution in [1.82, 2.24) is 10.6 Å². The highest BCUT2D eigenvalue weighted by Gasteiger charge is 2.22. The molecule has 1 aromatic rings. The van der Waals surface area contributed by atoms with Crippen LogP contribution in [-0.4, -0.2) is 43.6 Å². The van der Waals surface area contributed by atoms with Crippen LogP contribution in [0.3, 0.4) is 0 Å². The van der Waals surface area contributed by atoms with Crippen LogP contribution in [-0.2, 0) is 4.74 Å². The highest BCUT2D eigenvalue weighted by atomic mass is 16.5. The molecule has 0 saturated heterocycles. The molecule has 6 heteroatoms. The number of rotatable bonds is 7.